The Morgan fingerprint density at radius 1 is 1.37 bits per heavy atom. The van der Waals surface area contributed by atoms with E-state index < -0.39 is 41.4 Å². The maximum Gasteiger partial charge on any atom is 0.310 e. The van der Waals surface area contributed by atoms with Crippen LogP contribution in [0.3, 0.4) is 0 Å². The Hall–Kier alpha value is -3.23. The Morgan fingerprint density at radius 3 is 2.85 bits per heavy atom. The van der Waals surface area contributed by atoms with Crippen LogP contribution in [-0.2, 0) is 15.1 Å². The van der Waals surface area contributed by atoms with Crippen LogP contribution in [0.15, 0.2) is 52.1 Å². The Labute approximate surface area is 152 Å². The van der Waals surface area contributed by atoms with E-state index in [0.29, 0.717) is 5.76 Å². The van der Waals surface area contributed by atoms with Crippen LogP contribution in [0.4, 0.5) is 18.9 Å². The van der Waals surface area contributed by atoms with Crippen molar-refractivity contribution >= 4 is 23.7 Å². The first kappa shape index (κ1) is 18.6. The normalized spacial score (nSPS) is 21.6. The zero-order valence-electron chi connectivity index (χ0n) is 14.2. The Kier molecular flexibility index (Phi) is 4.69. The summed E-state index contributed by atoms with van der Waals surface area (Å²) in [5.74, 6) is -4.49. The molecule has 1 amide bonds. The highest BCUT2D eigenvalue weighted by molar-refractivity contribution is 6.01. The van der Waals surface area contributed by atoms with Gasteiger partial charge in [-0.25, -0.2) is 9.38 Å². The summed E-state index contributed by atoms with van der Waals surface area (Å²) in [6.07, 6.45) is 4.08. The molecular formula is C18H16F3N3O3. The fourth-order valence-electron chi connectivity index (χ4n) is 2.60. The highest BCUT2D eigenvalue weighted by Crippen LogP contribution is 2.44. The van der Waals surface area contributed by atoms with Gasteiger partial charge in [-0.15, -0.1) is 0 Å². The molecule has 0 saturated heterocycles. The first-order chi connectivity index (χ1) is 12.7. The van der Waals surface area contributed by atoms with E-state index in [4.69, 9.17) is 10.2 Å². The number of hydrogen-bond acceptors (Lipinski definition) is 5. The van der Waals surface area contributed by atoms with Crippen molar-refractivity contribution in [2.45, 2.75) is 18.4 Å². The van der Waals surface area contributed by atoms with Crippen LogP contribution in [0.5, 0.6) is 0 Å². The second kappa shape index (κ2) is 6.82. The largest absolute Gasteiger partial charge is 0.465 e. The number of alkyl halides is 2. The molecule has 3 rings (SSSR count). The zero-order valence-corrected chi connectivity index (χ0v) is 14.2. The lowest BCUT2D eigenvalue weighted by atomic mass is 9.85. The van der Waals surface area contributed by atoms with Gasteiger partial charge in [0.05, 0.1) is 6.26 Å². The molecule has 0 radical (unpaired) electrons. The number of halogens is 3. The third kappa shape index (κ3) is 3.67. The molecule has 0 saturated carbocycles. The third-order valence-electron chi connectivity index (χ3n) is 4.15. The summed E-state index contributed by atoms with van der Waals surface area (Å²) >= 11 is 0. The topological polar surface area (TPSA) is 89.9 Å². The Bertz CT molecular complexity index is 910. The van der Waals surface area contributed by atoms with Crippen LogP contribution in [0.1, 0.15) is 18.2 Å². The van der Waals surface area contributed by atoms with Gasteiger partial charge in [0.2, 0.25) is 5.91 Å². The molecule has 0 bridgehead atoms. The number of hydrogen-bond donors (Lipinski definition) is 2. The van der Waals surface area contributed by atoms with Crippen molar-refractivity contribution in [1.29, 1.82) is 0 Å². The number of nitrogens with two attached hydrogens (primary N) is 1. The van der Waals surface area contributed by atoms with Crippen molar-refractivity contribution < 1.29 is 27.1 Å². The number of anilines is 1. The molecule has 1 unspecified atom stereocenters. The number of aliphatic imine (C=N–C) groups is 1. The fraction of sp³-hybridized carbons (Fsp3) is 0.222. The molecule has 1 aromatic carbocycles. The van der Waals surface area contributed by atoms with Gasteiger partial charge in [-0.1, -0.05) is 0 Å². The standard InChI is InChI=1S/C18H16F3N3O3/c1-17(18(20,21)10-27-16(22)24-17)13-9-11(4-6-14(13)19)23-15(25)7-5-12-3-2-8-26-12/h2-9H,10H2,1H3,(H2,22,24)(H,23,25)/b7-5+. The van der Waals surface area contributed by atoms with E-state index in [2.05, 4.69) is 15.0 Å². The zero-order chi connectivity index (χ0) is 19.7. The molecule has 1 aliphatic rings. The van der Waals surface area contributed by atoms with Crippen LogP contribution in [-0.4, -0.2) is 24.5 Å². The molecule has 1 atom stereocenters. The van der Waals surface area contributed by atoms with Gasteiger partial charge in [-0.05, 0) is 43.3 Å². The van der Waals surface area contributed by atoms with Crippen LogP contribution >= 0.6 is 0 Å². The van der Waals surface area contributed by atoms with E-state index in [1.807, 2.05) is 0 Å². The molecule has 1 aliphatic heterocycles. The number of carbonyl (C=O) groups excluding carboxylic acids is 1. The lowest BCUT2D eigenvalue weighted by molar-refractivity contribution is -0.117. The summed E-state index contributed by atoms with van der Waals surface area (Å²) < 4.78 is 52.8. The highest BCUT2D eigenvalue weighted by atomic mass is 19.3. The number of benzene rings is 1. The summed E-state index contributed by atoms with van der Waals surface area (Å²) in [7, 11) is 0. The van der Waals surface area contributed by atoms with Gasteiger partial charge >= 0.3 is 5.92 Å². The molecule has 0 spiro atoms. The molecule has 0 aliphatic carbocycles. The predicted molar refractivity (Wildman–Crippen MR) is 92.6 cm³/mol. The smallest absolute Gasteiger partial charge is 0.310 e. The number of carbonyl (C=O) groups is 1. The minimum absolute atomic E-state index is 0.123. The van der Waals surface area contributed by atoms with E-state index in [-0.39, 0.29) is 5.69 Å². The molecule has 27 heavy (non-hydrogen) atoms. The summed E-state index contributed by atoms with van der Waals surface area (Å²) in [6.45, 7) is 0.0317. The minimum atomic E-state index is -3.50. The molecule has 2 heterocycles. The van der Waals surface area contributed by atoms with Gasteiger partial charge in [0, 0.05) is 17.3 Å². The number of amidine groups is 1. The lowest BCUT2D eigenvalue weighted by Crippen LogP contribution is -2.51. The molecule has 9 heteroatoms. The van der Waals surface area contributed by atoms with E-state index in [0.717, 1.165) is 19.1 Å². The van der Waals surface area contributed by atoms with Crippen molar-refractivity contribution in [3.05, 3.63) is 59.8 Å². The molecule has 0 fully saturated rings. The predicted octanol–water partition coefficient (Wildman–Crippen LogP) is 3.27. The number of amides is 1. The van der Waals surface area contributed by atoms with Crippen molar-refractivity contribution in [1.82, 2.24) is 0 Å². The average molecular weight is 379 g/mol. The van der Waals surface area contributed by atoms with Gasteiger partial charge in [-0.2, -0.15) is 8.78 Å². The minimum Gasteiger partial charge on any atom is -0.465 e. The maximum absolute atomic E-state index is 14.4. The van der Waals surface area contributed by atoms with Crippen LogP contribution in [0.2, 0.25) is 0 Å². The second-order valence-corrected chi connectivity index (χ2v) is 6.05. The van der Waals surface area contributed by atoms with Crippen LogP contribution in [0.25, 0.3) is 6.08 Å². The van der Waals surface area contributed by atoms with E-state index in [1.54, 1.807) is 12.1 Å². The fourth-order valence-corrected chi connectivity index (χ4v) is 2.60. The van der Waals surface area contributed by atoms with Crippen LogP contribution < -0.4 is 11.1 Å². The van der Waals surface area contributed by atoms with Crippen molar-refractivity contribution in [2.24, 2.45) is 10.7 Å². The maximum atomic E-state index is 14.4. The Balaban J connectivity index is 1.88. The number of nitrogens with zero attached hydrogens (tertiary/aromatic N) is 1. The van der Waals surface area contributed by atoms with Crippen molar-refractivity contribution in [2.75, 3.05) is 11.9 Å². The lowest BCUT2D eigenvalue weighted by Gasteiger charge is -2.37. The van der Waals surface area contributed by atoms with E-state index in [1.165, 1.54) is 24.5 Å². The van der Waals surface area contributed by atoms with Gasteiger partial charge in [0.15, 0.2) is 12.1 Å². The molecular weight excluding hydrogens is 363 g/mol. The third-order valence-corrected chi connectivity index (χ3v) is 4.15. The summed E-state index contributed by atoms with van der Waals surface area (Å²) in [4.78, 5) is 15.6. The summed E-state index contributed by atoms with van der Waals surface area (Å²) in [5, 5.41) is 2.48. The monoisotopic (exact) mass is 379 g/mol. The first-order valence-corrected chi connectivity index (χ1v) is 7.90. The van der Waals surface area contributed by atoms with Gasteiger partial charge in [-0.3, -0.25) is 4.79 Å². The summed E-state index contributed by atoms with van der Waals surface area (Å²) in [6, 6.07) is 6.18. The Morgan fingerprint density at radius 2 is 2.15 bits per heavy atom. The SMILES string of the molecule is CC1(c2cc(NC(=O)/C=C/c3ccco3)ccc2F)N=C(N)OCC1(F)F. The second-order valence-electron chi connectivity index (χ2n) is 6.05. The summed E-state index contributed by atoms with van der Waals surface area (Å²) in [5.41, 5.74) is 2.85. The number of rotatable bonds is 4. The van der Waals surface area contributed by atoms with Gasteiger partial charge < -0.3 is 20.2 Å². The van der Waals surface area contributed by atoms with E-state index in [9.17, 15) is 18.0 Å². The van der Waals surface area contributed by atoms with Crippen molar-refractivity contribution in [3.8, 4) is 0 Å². The molecule has 142 valence electrons. The van der Waals surface area contributed by atoms with Gasteiger partial charge in [0.1, 0.15) is 11.6 Å². The molecule has 2 aromatic rings. The molecule has 3 N–H and O–H groups in total. The molecule has 6 nitrogen and oxygen atoms in total. The quantitative estimate of drug-likeness (QED) is 0.798. The molecule has 1 aromatic heterocycles. The number of furan rings is 1. The highest BCUT2D eigenvalue weighted by Gasteiger charge is 2.56. The number of nitrogens with one attached hydrogen (secondary N) is 1. The van der Waals surface area contributed by atoms with Gasteiger partial charge in [0.25, 0.3) is 6.02 Å². The number of ether oxygens (including phenoxy) is 1. The van der Waals surface area contributed by atoms with Crippen LogP contribution in [0, 0.1) is 5.82 Å². The van der Waals surface area contributed by atoms with Crippen molar-refractivity contribution in [3.63, 3.8) is 0 Å². The first-order valence-electron chi connectivity index (χ1n) is 7.90. The van der Waals surface area contributed by atoms with E-state index >= 15 is 0 Å². The average Bonchev–Trinajstić information content (AvgIpc) is 3.12.